The number of rotatable bonds is 4. The first-order chi connectivity index (χ1) is 3.77. The molecular weight excluding hydrogens is 198 g/mol. The lowest BCUT2D eigenvalue weighted by Gasteiger charge is -1.99. The predicted molar refractivity (Wildman–Crippen MR) is 46.7 cm³/mol. The highest BCUT2D eigenvalue weighted by Crippen LogP contribution is 2.23. The van der Waals surface area contributed by atoms with Crippen molar-refractivity contribution in [3.63, 3.8) is 0 Å². The van der Waals surface area contributed by atoms with Crippen LogP contribution < -0.4 is 0 Å². The van der Waals surface area contributed by atoms with Gasteiger partial charge in [-0.05, 0) is 6.42 Å². The van der Waals surface area contributed by atoms with Gasteiger partial charge in [0.1, 0.15) is 0 Å². The molecule has 0 amide bonds. The Bertz CT molecular complexity index is 55.8. The van der Waals surface area contributed by atoms with Crippen molar-refractivity contribution in [3.8, 4) is 0 Å². The minimum absolute atomic E-state index is 0. The molecule has 0 radical (unpaired) electrons. The normalized spacial score (nSPS) is 8.40. The second-order valence-corrected chi connectivity index (χ2v) is 2.20. The molecule has 0 unspecified atom stereocenters. The maximum Gasteiger partial charge on any atom is 0.327 e. The van der Waals surface area contributed by atoms with Crippen molar-refractivity contribution in [2.75, 3.05) is 6.61 Å². The second-order valence-electron chi connectivity index (χ2n) is 1.44. The van der Waals surface area contributed by atoms with Crippen LogP contribution in [0, 0.1) is 0 Å². The molecule has 0 aromatic carbocycles. The summed E-state index contributed by atoms with van der Waals surface area (Å²) in [7, 11) is -2.11. The zero-order valence-corrected chi connectivity index (χ0v) is 8.22. The molecule has 0 saturated carbocycles. The molecule has 0 atom stereocenters. The van der Waals surface area contributed by atoms with Gasteiger partial charge in [0.2, 0.25) is 0 Å². The minimum Gasteiger partial charge on any atom is -0.328 e. The van der Waals surface area contributed by atoms with Gasteiger partial charge in [0, 0.05) is 0 Å². The molecule has 0 heterocycles. The molecule has 0 fully saturated rings. The quantitative estimate of drug-likeness (QED) is 0.551. The highest BCUT2D eigenvalue weighted by molar-refractivity contribution is 7.39. The van der Waals surface area contributed by atoms with Crippen LogP contribution in [0.3, 0.4) is 0 Å². The van der Waals surface area contributed by atoms with E-state index in [4.69, 9.17) is 9.79 Å². The maximum atomic E-state index is 8.18. The highest BCUT2D eigenvalue weighted by Gasteiger charge is 1.95. The lowest BCUT2D eigenvalue weighted by atomic mass is 10.4. The first-order valence-corrected chi connectivity index (χ1v) is 3.74. The Balaban J connectivity index is -0.000000245. The first kappa shape index (κ1) is 17.1. The van der Waals surface area contributed by atoms with E-state index < -0.39 is 8.60 Å². The van der Waals surface area contributed by atoms with Crippen LogP contribution in [0.4, 0.5) is 0 Å². The summed E-state index contributed by atoms with van der Waals surface area (Å²) in [6, 6.07) is 0. The van der Waals surface area contributed by atoms with Crippen LogP contribution >= 0.6 is 33.4 Å². The summed E-state index contributed by atoms with van der Waals surface area (Å²) in [5.74, 6) is 0. The van der Waals surface area contributed by atoms with Crippen molar-refractivity contribution in [2.24, 2.45) is 0 Å². The molecule has 0 rings (SSSR count). The molecule has 0 aromatic heterocycles. The summed E-state index contributed by atoms with van der Waals surface area (Å²) in [5, 5.41) is 0. The molecule has 10 heavy (non-hydrogen) atoms. The van der Waals surface area contributed by atoms with Gasteiger partial charge in [-0.2, -0.15) is 0 Å². The number of halogens is 2. The van der Waals surface area contributed by atoms with Gasteiger partial charge in [-0.25, -0.2) is 0 Å². The standard InChI is InChI=1S/C4H11O3P.2ClH/c1-2-3-4-7-8(5)6;;/h5-6H,2-4H2,1H3;2*1H. The monoisotopic (exact) mass is 210 g/mol. The van der Waals surface area contributed by atoms with Gasteiger partial charge in [0.05, 0.1) is 6.61 Å². The smallest absolute Gasteiger partial charge is 0.327 e. The first-order valence-electron chi connectivity index (χ1n) is 2.58. The summed E-state index contributed by atoms with van der Waals surface area (Å²) >= 11 is 0. The number of unbranched alkanes of at least 4 members (excludes halogenated alkanes) is 1. The average molecular weight is 211 g/mol. The molecule has 0 aromatic rings. The summed E-state index contributed by atoms with van der Waals surface area (Å²) in [5.41, 5.74) is 0. The fourth-order valence-electron chi connectivity index (χ4n) is 0.291. The van der Waals surface area contributed by atoms with Gasteiger partial charge < -0.3 is 14.3 Å². The van der Waals surface area contributed by atoms with E-state index >= 15 is 0 Å². The van der Waals surface area contributed by atoms with Gasteiger partial charge in [0.15, 0.2) is 0 Å². The van der Waals surface area contributed by atoms with E-state index in [0.717, 1.165) is 12.8 Å². The van der Waals surface area contributed by atoms with E-state index in [1.165, 1.54) is 0 Å². The lowest BCUT2D eigenvalue weighted by Crippen LogP contribution is -1.86. The second kappa shape index (κ2) is 12.6. The Morgan fingerprint density at radius 2 is 1.80 bits per heavy atom. The van der Waals surface area contributed by atoms with E-state index in [1.807, 2.05) is 6.92 Å². The van der Waals surface area contributed by atoms with Crippen molar-refractivity contribution in [1.29, 1.82) is 0 Å². The summed E-state index contributed by atoms with van der Waals surface area (Å²) in [4.78, 5) is 16.4. The van der Waals surface area contributed by atoms with Crippen molar-refractivity contribution in [1.82, 2.24) is 0 Å². The third kappa shape index (κ3) is 16.0. The summed E-state index contributed by atoms with van der Waals surface area (Å²) in [6.45, 7) is 2.47. The number of hydrogen-bond acceptors (Lipinski definition) is 3. The highest BCUT2D eigenvalue weighted by atomic mass is 35.5. The molecule has 0 bridgehead atoms. The van der Waals surface area contributed by atoms with E-state index in [-0.39, 0.29) is 24.8 Å². The van der Waals surface area contributed by atoms with Crippen molar-refractivity contribution < 1.29 is 14.3 Å². The fraction of sp³-hybridized carbons (Fsp3) is 1.00. The Labute approximate surface area is 74.6 Å². The maximum absolute atomic E-state index is 8.18. The van der Waals surface area contributed by atoms with Gasteiger partial charge in [0.25, 0.3) is 0 Å². The van der Waals surface area contributed by atoms with Crippen LogP contribution in [-0.2, 0) is 4.52 Å². The lowest BCUT2D eigenvalue weighted by molar-refractivity contribution is 0.251. The Hall–Kier alpha value is 0.890. The number of hydrogen-bond donors (Lipinski definition) is 2. The summed E-state index contributed by atoms with van der Waals surface area (Å²) < 4.78 is 4.46. The fourth-order valence-corrected chi connectivity index (χ4v) is 0.583. The van der Waals surface area contributed by atoms with Crippen LogP contribution in [0.2, 0.25) is 0 Å². The molecular formula is C4H13Cl2O3P. The third-order valence-corrected chi connectivity index (χ3v) is 1.12. The van der Waals surface area contributed by atoms with Gasteiger partial charge in [-0.3, -0.25) is 0 Å². The molecule has 3 nitrogen and oxygen atoms in total. The van der Waals surface area contributed by atoms with Crippen LogP contribution in [0.15, 0.2) is 0 Å². The molecule has 2 N–H and O–H groups in total. The van der Waals surface area contributed by atoms with E-state index in [0.29, 0.717) is 6.61 Å². The van der Waals surface area contributed by atoms with Crippen molar-refractivity contribution in [2.45, 2.75) is 19.8 Å². The minimum atomic E-state index is -2.11. The van der Waals surface area contributed by atoms with Crippen molar-refractivity contribution >= 4 is 33.4 Å². The van der Waals surface area contributed by atoms with Crippen LogP contribution in [0.5, 0.6) is 0 Å². The van der Waals surface area contributed by atoms with Crippen LogP contribution in [0.1, 0.15) is 19.8 Å². The largest absolute Gasteiger partial charge is 0.328 e. The van der Waals surface area contributed by atoms with Crippen molar-refractivity contribution in [3.05, 3.63) is 0 Å². The van der Waals surface area contributed by atoms with Gasteiger partial charge in [-0.1, -0.05) is 13.3 Å². The SMILES string of the molecule is CCCCOP(O)O.Cl.Cl. The molecule has 66 valence electrons. The van der Waals surface area contributed by atoms with E-state index in [9.17, 15) is 0 Å². The Kier molecular flexibility index (Phi) is 21.5. The van der Waals surface area contributed by atoms with Crippen LogP contribution in [-0.4, -0.2) is 16.4 Å². The topological polar surface area (TPSA) is 49.7 Å². The van der Waals surface area contributed by atoms with Gasteiger partial charge in [-0.15, -0.1) is 24.8 Å². The van der Waals surface area contributed by atoms with Gasteiger partial charge >= 0.3 is 8.60 Å². The van der Waals surface area contributed by atoms with E-state index in [1.54, 1.807) is 0 Å². The van der Waals surface area contributed by atoms with E-state index in [2.05, 4.69) is 4.52 Å². The molecule has 0 saturated heterocycles. The molecule has 0 spiro atoms. The zero-order valence-electron chi connectivity index (χ0n) is 5.69. The zero-order chi connectivity index (χ0) is 6.41. The van der Waals surface area contributed by atoms with Crippen LogP contribution in [0.25, 0.3) is 0 Å². The molecule has 0 aliphatic heterocycles. The molecule has 0 aliphatic rings. The molecule has 0 aliphatic carbocycles. The Morgan fingerprint density at radius 3 is 2.10 bits per heavy atom. The summed E-state index contributed by atoms with van der Waals surface area (Å²) in [6.07, 6.45) is 1.91. The third-order valence-electron chi connectivity index (χ3n) is 0.705. The molecule has 6 heteroatoms. The predicted octanol–water partition coefficient (Wildman–Crippen LogP) is 1.86. The Morgan fingerprint density at radius 1 is 1.30 bits per heavy atom. The average Bonchev–Trinajstić information content (AvgIpc) is 1.66.